The fraction of sp³-hybridized carbons (Fsp3) is 0.533. The largest absolute Gasteiger partial charge is 0.338 e. The molecule has 0 atom stereocenters. The zero-order chi connectivity index (χ0) is 13.2. The van der Waals surface area contributed by atoms with Gasteiger partial charge in [-0.2, -0.15) is 0 Å². The lowest BCUT2D eigenvalue weighted by molar-refractivity contribution is 0.0583. The molecule has 0 unspecified atom stereocenters. The van der Waals surface area contributed by atoms with Crippen LogP contribution in [0.5, 0.6) is 0 Å². The summed E-state index contributed by atoms with van der Waals surface area (Å²) in [6, 6.07) is 7.65. The summed E-state index contributed by atoms with van der Waals surface area (Å²) in [7, 11) is 0. The van der Waals surface area contributed by atoms with E-state index in [-0.39, 0.29) is 11.3 Å². The topological polar surface area (TPSA) is 46.3 Å². The molecule has 1 aliphatic heterocycles. The number of hydrogen-bond donors (Lipinski definition) is 1. The van der Waals surface area contributed by atoms with Crippen LogP contribution < -0.4 is 5.73 Å². The summed E-state index contributed by atoms with van der Waals surface area (Å²) in [5.74, 6) is 0.137. The van der Waals surface area contributed by atoms with Crippen molar-refractivity contribution in [2.24, 2.45) is 11.1 Å². The molecule has 2 rings (SSSR count). The van der Waals surface area contributed by atoms with Crippen molar-refractivity contribution in [3.05, 3.63) is 35.4 Å². The molecule has 1 saturated heterocycles. The number of benzene rings is 1. The Kier molecular flexibility index (Phi) is 3.71. The molecule has 1 heterocycles. The van der Waals surface area contributed by atoms with Crippen LogP contribution in [0.4, 0.5) is 0 Å². The van der Waals surface area contributed by atoms with E-state index >= 15 is 0 Å². The predicted molar refractivity (Wildman–Crippen MR) is 73.3 cm³/mol. The highest BCUT2D eigenvalue weighted by Gasteiger charge is 2.29. The van der Waals surface area contributed by atoms with Crippen molar-refractivity contribution in [2.75, 3.05) is 13.1 Å². The molecule has 0 aliphatic carbocycles. The van der Waals surface area contributed by atoms with E-state index in [1.807, 2.05) is 29.2 Å². The number of carbonyl (C=O) groups excluding carboxylic acids is 1. The van der Waals surface area contributed by atoms with Crippen molar-refractivity contribution < 1.29 is 4.79 Å². The molecule has 0 radical (unpaired) electrons. The van der Waals surface area contributed by atoms with Crippen LogP contribution in [-0.4, -0.2) is 23.9 Å². The molecule has 2 N–H and O–H groups in total. The highest BCUT2D eigenvalue weighted by molar-refractivity contribution is 5.94. The average Bonchev–Trinajstić information content (AvgIpc) is 2.37. The quantitative estimate of drug-likeness (QED) is 0.871. The number of amides is 1. The molecule has 1 aromatic carbocycles. The van der Waals surface area contributed by atoms with Gasteiger partial charge in [-0.15, -0.1) is 0 Å². The van der Waals surface area contributed by atoms with Crippen LogP contribution in [0.3, 0.4) is 0 Å². The third kappa shape index (κ3) is 2.91. The Hall–Kier alpha value is -1.35. The van der Waals surface area contributed by atoms with E-state index in [1.54, 1.807) is 0 Å². The second-order valence-corrected chi connectivity index (χ2v) is 5.90. The number of nitrogens with two attached hydrogens (primary N) is 1. The maximum absolute atomic E-state index is 12.4. The molecule has 0 spiro atoms. The Morgan fingerprint density at radius 3 is 2.89 bits per heavy atom. The van der Waals surface area contributed by atoms with Gasteiger partial charge in [0.1, 0.15) is 0 Å². The number of nitrogens with zero attached hydrogens (tertiary/aromatic N) is 1. The Bertz CT molecular complexity index is 440. The van der Waals surface area contributed by atoms with Crippen LogP contribution in [0, 0.1) is 5.41 Å². The van der Waals surface area contributed by atoms with Crippen LogP contribution in [0.2, 0.25) is 0 Å². The van der Waals surface area contributed by atoms with Crippen molar-refractivity contribution in [1.82, 2.24) is 4.90 Å². The molecule has 3 nitrogen and oxygen atoms in total. The lowest BCUT2D eigenvalue weighted by Gasteiger charge is -2.38. The third-order valence-corrected chi connectivity index (χ3v) is 3.60. The van der Waals surface area contributed by atoms with Crippen molar-refractivity contribution in [2.45, 2.75) is 33.2 Å². The zero-order valence-corrected chi connectivity index (χ0v) is 11.3. The van der Waals surface area contributed by atoms with Gasteiger partial charge in [0.2, 0.25) is 0 Å². The Balaban J connectivity index is 2.15. The summed E-state index contributed by atoms with van der Waals surface area (Å²) in [5.41, 5.74) is 7.62. The summed E-state index contributed by atoms with van der Waals surface area (Å²) >= 11 is 0. The van der Waals surface area contributed by atoms with E-state index in [0.29, 0.717) is 6.54 Å². The van der Waals surface area contributed by atoms with Gasteiger partial charge in [-0.05, 0) is 36.0 Å². The van der Waals surface area contributed by atoms with E-state index in [1.165, 1.54) is 6.42 Å². The molecule has 1 amide bonds. The molecular weight excluding hydrogens is 224 g/mol. The lowest BCUT2D eigenvalue weighted by atomic mass is 9.84. The van der Waals surface area contributed by atoms with Crippen molar-refractivity contribution in [3.8, 4) is 0 Å². The summed E-state index contributed by atoms with van der Waals surface area (Å²) in [6.45, 7) is 6.64. The van der Waals surface area contributed by atoms with Gasteiger partial charge < -0.3 is 10.6 Å². The summed E-state index contributed by atoms with van der Waals surface area (Å²) in [6.07, 6.45) is 2.29. The van der Waals surface area contributed by atoms with Crippen LogP contribution in [0.1, 0.15) is 42.6 Å². The van der Waals surface area contributed by atoms with Gasteiger partial charge in [-0.1, -0.05) is 26.0 Å². The van der Waals surface area contributed by atoms with Crippen LogP contribution >= 0.6 is 0 Å². The number of rotatable bonds is 2. The molecule has 1 fully saturated rings. The summed E-state index contributed by atoms with van der Waals surface area (Å²) in [5, 5.41) is 0. The maximum atomic E-state index is 12.4. The first-order valence-electron chi connectivity index (χ1n) is 6.60. The van der Waals surface area contributed by atoms with Crippen LogP contribution in [-0.2, 0) is 6.54 Å². The minimum Gasteiger partial charge on any atom is -0.338 e. The first-order chi connectivity index (χ1) is 8.52. The SMILES string of the molecule is CC1(C)CCCN(C(=O)c2cccc(CN)c2)C1. The fourth-order valence-corrected chi connectivity index (χ4v) is 2.61. The molecule has 18 heavy (non-hydrogen) atoms. The van der Waals surface area contributed by atoms with Crippen LogP contribution in [0.15, 0.2) is 24.3 Å². The smallest absolute Gasteiger partial charge is 0.253 e. The van der Waals surface area contributed by atoms with Gasteiger partial charge in [-0.25, -0.2) is 0 Å². The van der Waals surface area contributed by atoms with Crippen molar-refractivity contribution in [1.29, 1.82) is 0 Å². The minimum atomic E-state index is 0.137. The molecule has 98 valence electrons. The predicted octanol–water partition coefficient (Wildman–Crippen LogP) is 2.41. The van der Waals surface area contributed by atoms with Crippen LogP contribution in [0.25, 0.3) is 0 Å². The standard InChI is InChI=1S/C15H22N2O/c1-15(2)7-4-8-17(11-15)14(18)13-6-3-5-12(9-13)10-16/h3,5-6,9H,4,7-8,10-11,16H2,1-2H3. The summed E-state index contributed by atoms with van der Waals surface area (Å²) in [4.78, 5) is 14.4. The Morgan fingerprint density at radius 2 is 2.22 bits per heavy atom. The van der Waals surface area contributed by atoms with E-state index < -0.39 is 0 Å². The minimum absolute atomic E-state index is 0.137. The van der Waals surface area contributed by atoms with Gasteiger partial charge >= 0.3 is 0 Å². The molecule has 0 bridgehead atoms. The highest BCUT2D eigenvalue weighted by atomic mass is 16.2. The van der Waals surface area contributed by atoms with Crippen molar-refractivity contribution in [3.63, 3.8) is 0 Å². The molecular formula is C15H22N2O. The molecule has 0 aromatic heterocycles. The molecule has 1 aromatic rings. The Labute approximate surface area is 109 Å². The monoisotopic (exact) mass is 246 g/mol. The number of piperidine rings is 1. The number of carbonyl (C=O) groups is 1. The number of likely N-dealkylation sites (tertiary alicyclic amines) is 1. The molecule has 3 heteroatoms. The van der Waals surface area contributed by atoms with Gasteiger partial charge in [0.25, 0.3) is 5.91 Å². The zero-order valence-electron chi connectivity index (χ0n) is 11.3. The number of hydrogen-bond acceptors (Lipinski definition) is 2. The molecule has 1 aliphatic rings. The first-order valence-corrected chi connectivity index (χ1v) is 6.60. The molecule has 0 saturated carbocycles. The van der Waals surface area contributed by atoms with Gasteiger partial charge in [0.05, 0.1) is 0 Å². The highest BCUT2D eigenvalue weighted by Crippen LogP contribution is 2.29. The van der Waals surface area contributed by atoms with Crippen molar-refractivity contribution >= 4 is 5.91 Å². The van der Waals surface area contributed by atoms with E-state index in [9.17, 15) is 4.79 Å². The van der Waals surface area contributed by atoms with E-state index in [4.69, 9.17) is 5.73 Å². The second-order valence-electron chi connectivity index (χ2n) is 5.90. The lowest BCUT2D eigenvalue weighted by Crippen LogP contribution is -2.43. The normalized spacial score (nSPS) is 18.7. The van der Waals surface area contributed by atoms with E-state index in [0.717, 1.165) is 30.6 Å². The average molecular weight is 246 g/mol. The Morgan fingerprint density at radius 1 is 1.44 bits per heavy atom. The maximum Gasteiger partial charge on any atom is 0.253 e. The van der Waals surface area contributed by atoms with E-state index in [2.05, 4.69) is 13.8 Å². The van der Waals surface area contributed by atoms with Gasteiger partial charge in [0, 0.05) is 25.2 Å². The third-order valence-electron chi connectivity index (χ3n) is 3.60. The fourth-order valence-electron chi connectivity index (χ4n) is 2.61. The van der Waals surface area contributed by atoms with Gasteiger partial charge in [-0.3, -0.25) is 4.79 Å². The second kappa shape index (κ2) is 5.11. The summed E-state index contributed by atoms with van der Waals surface area (Å²) < 4.78 is 0. The van der Waals surface area contributed by atoms with Gasteiger partial charge in [0.15, 0.2) is 0 Å². The first kappa shape index (κ1) is 13.1.